The van der Waals surface area contributed by atoms with Crippen LogP contribution in [0.3, 0.4) is 0 Å². The van der Waals surface area contributed by atoms with E-state index in [4.69, 9.17) is 16.3 Å². The summed E-state index contributed by atoms with van der Waals surface area (Å²) in [6, 6.07) is 20.6. The Labute approximate surface area is 209 Å². The number of benzene rings is 3. The van der Waals surface area contributed by atoms with Crippen LogP contribution in [-0.4, -0.2) is 32.6 Å². The van der Waals surface area contributed by atoms with Gasteiger partial charge in [0.1, 0.15) is 5.75 Å². The number of nitrogens with zero attached hydrogens (tertiary/aromatic N) is 3. The van der Waals surface area contributed by atoms with Gasteiger partial charge in [-0.3, -0.25) is 14.5 Å². The van der Waals surface area contributed by atoms with Crippen LogP contribution >= 0.6 is 23.4 Å². The molecule has 5 rings (SSSR count). The van der Waals surface area contributed by atoms with E-state index in [1.165, 1.54) is 4.90 Å². The second kappa shape index (κ2) is 9.85. The molecule has 0 N–H and O–H groups in total. The Hall–Kier alpha value is -3.75. The Morgan fingerprint density at radius 2 is 1.80 bits per heavy atom. The number of carbonyl (C=O) groups excluding carboxylic acids is 2. The zero-order valence-electron chi connectivity index (χ0n) is 18.2. The van der Waals surface area contributed by atoms with Gasteiger partial charge in [-0.15, -0.1) is 0 Å². The third kappa shape index (κ3) is 4.89. The SMILES string of the molecule is O=C1S/C(=C/c2c(Oc3nc(Cl)ncc3F)ccc3ccccc23)C(=O)N1CCc1ccccc1. The Bertz CT molecular complexity index is 1480. The molecule has 0 spiro atoms. The summed E-state index contributed by atoms with van der Waals surface area (Å²) >= 11 is 6.67. The lowest BCUT2D eigenvalue weighted by Gasteiger charge is -2.13. The van der Waals surface area contributed by atoms with E-state index in [1.54, 1.807) is 12.1 Å². The lowest BCUT2D eigenvalue weighted by molar-refractivity contribution is -0.122. The molecule has 0 atom stereocenters. The van der Waals surface area contributed by atoms with Gasteiger partial charge in [0.15, 0.2) is 0 Å². The maximum atomic E-state index is 14.3. The predicted octanol–water partition coefficient (Wildman–Crippen LogP) is 6.49. The number of aromatic nitrogens is 2. The molecule has 1 fully saturated rings. The first-order valence-corrected chi connectivity index (χ1v) is 11.9. The number of amides is 2. The maximum Gasteiger partial charge on any atom is 0.293 e. The highest BCUT2D eigenvalue weighted by atomic mass is 35.5. The van der Waals surface area contributed by atoms with Crippen molar-refractivity contribution in [2.45, 2.75) is 6.42 Å². The van der Waals surface area contributed by atoms with Crippen molar-refractivity contribution in [2.24, 2.45) is 0 Å². The van der Waals surface area contributed by atoms with E-state index in [9.17, 15) is 14.0 Å². The zero-order chi connectivity index (χ0) is 24.4. The fraction of sp³-hybridized carbons (Fsp3) is 0.0769. The Morgan fingerprint density at radius 1 is 1.03 bits per heavy atom. The molecule has 1 aliphatic rings. The topological polar surface area (TPSA) is 72.4 Å². The number of hydrogen-bond acceptors (Lipinski definition) is 6. The summed E-state index contributed by atoms with van der Waals surface area (Å²) in [5.41, 5.74) is 1.55. The maximum absolute atomic E-state index is 14.3. The summed E-state index contributed by atoms with van der Waals surface area (Å²) in [5, 5.41) is 1.15. The number of thioether (sulfide) groups is 1. The molecule has 0 aliphatic carbocycles. The van der Waals surface area contributed by atoms with Gasteiger partial charge in [-0.25, -0.2) is 4.98 Å². The number of fused-ring (bicyclic) bond motifs is 1. The van der Waals surface area contributed by atoms with E-state index in [1.807, 2.05) is 60.7 Å². The smallest absolute Gasteiger partial charge is 0.293 e. The van der Waals surface area contributed by atoms with E-state index in [0.717, 1.165) is 34.3 Å². The van der Waals surface area contributed by atoms with E-state index < -0.39 is 5.82 Å². The van der Waals surface area contributed by atoms with Crippen LogP contribution < -0.4 is 4.74 Å². The fourth-order valence-corrected chi connectivity index (χ4v) is 4.70. The minimum Gasteiger partial charge on any atom is -0.436 e. The van der Waals surface area contributed by atoms with Crippen molar-refractivity contribution in [2.75, 3.05) is 6.54 Å². The number of carbonyl (C=O) groups is 2. The molecule has 0 unspecified atom stereocenters. The number of halogens is 2. The van der Waals surface area contributed by atoms with Crippen molar-refractivity contribution in [3.63, 3.8) is 0 Å². The van der Waals surface area contributed by atoms with Crippen LogP contribution in [0.1, 0.15) is 11.1 Å². The summed E-state index contributed by atoms with van der Waals surface area (Å²) in [4.78, 5) is 34.7. The first-order chi connectivity index (χ1) is 17.0. The summed E-state index contributed by atoms with van der Waals surface area (Å²) in [7, 11) is 0. The quantitative estimate of drug-likeness (QED) is 0.220. The molecule has 2 amide bonds. The zero-order valence-corrected chi connectivity index (χ0v) is 19.7. The van der Waals surface area contributed by atoms with E-state index >= 15 is 0 Å². The minimum absolute atomic E-state index is 0.164. The Balaban J connectivity index is 1.50. The van der Waals surface area contributed by atoms with Crippen molar-refractivity contribution in [1.82, 2.24) is 14.9 Å². The normalized spacial score (nSPS) is 14.8. The van der Waals surface area contributed by atoms with Gasteiger partial charge in [0.25, 0.3) is 17.0 Å². The molecule has 174 valence electrons. The van der Waals surface area contributed by atoms with Crippen molar-refractivity contribution >= 4 is 51.4 Å². The summed E-state index contributed by atoms with van der Waals surface area (Å²) in [6.07, 6.45) is 3.08. The van der Waals surface area contributed by atoms with Crippen LogP contribution in [0.2, 0.25) is 5.28 Å². The van der Waals surface area contributed by atoms with E-state index in [2.05, 4.69) is 9.97 Å². The molecule has 4 aromatic rings. The van der Waals surface area contributed by atoms with Gasteiger partial charge in [-0.05, 0) is 58.3 Å². The molecule has 35 heavy (non-hydrogen) atoms. The van der Waals surface area contributed by atoms with Crippen molar-refractivity contribution in [1.29, 1.82) is 0 Å². The first-order valence-electron chi connectivity index (χ1n) is 10.7. The minimum atomic E-state index is -0.783. The molecule has 6 nitrogen and oxygen atoms in total. The van der Waals surface area contributed by atoms with Crippen LogP contribution in [0.4, 0.5) is 9.18 Å². The van der Waals surface area contributed by atoms with Gasteiger partial charge < -0.3 is 4.74 Å². The van der Waals surface area contributed by atoms with E-state index in [0.29, 0.717) is 12.0 Å². The van der Waals surface area contributed by atoms with Gasteiger partial charge in [-0.2, -0.15) is 9.37 Å². The fourth-order valence-electron chi connectivity index (χ4n) is 3.73. The lowest BCUT2D eigenvalue weighted by atomic mass is 10.0. The second-order valence-corrected chi connectivity index (χ2v) is 8.99. The molecule has 3 aromatic carbocycles. The van der Waals surface area contributed by atoms with Gasteiger partial charge in [0, 0.05) is 12.1 Å². The molecule has 0 saturated carbocycles. The second-order valence-electron chi connectivity index (χ2n) is 7.66. The molecular formula is C26H17ClFN3O3S. The summed E-state index contributed by atoms with van der Waals surface area (Å²) in [6.45, 7) is 0.273. The van der Waals surface area contributed by atoms with E-state index in [-0.39, 0.29) is 39.5 Å². The largest absolute Gasteiger partial charge is 0.436 e. The predicted molar refractivity (Wildman–Crippen MR) is 134 cm³/mol. The average Bonchev–Trinajstić information content (AvgIpc) is 3.14. The van der Waals surface area contributed by atoms with Gasteiger partial charge >= 0.3 is 0 Å². The van der Waals surface area contributed by atoms with Crippen molar-refractivity contribution < 1.29 is 18.7 Å². The molecule has 1 saturated heterocycles. The highest BCUT2D eigenvalue weighted by Gasteiger charge is 2.35. The highest BCUT2D eigenvalue weighted by Crippen LogP contribution is 2.38. The Kier molecular flexibility index (Phi) is 6.48. The van der Waals surface area contributed by atoms with Crippen LogP contribution in [0.25, 0.3) is 16.8 Å². The number of ether oxygens (including phenoxy) is 1. The summed E-state index contributed by atoms with van der Waals surface area (Å²) in [5.74, 6) is -1.25. The molecule has 2 heterocycles. The van der Waals surface area contributed by atoms with Crippen LogP contribution in [0.15, 0.2) is 77.8 Å². The lowest BCUT2D eigenvalue weighted by Crippen LogP contribution is -2.30. The number of rotatable bonds is 6. The average molecular weight is 506 g/mol. The number of imide groups is 1. The van der Waals surface area contributed by atoms with Gasteiger partial charge in [-0.1, -0.05) is 60.7 Å². The molecule has 0 radical (unpaired) electrons. The molecule has 1 aromatic heterocycles. The number of hydrogen-bond donors (Lipinski definition) is 0. The monoisotopic (exact) mass is 505 g/mol. The van der Waals surface area contributed by atoms with Crippen LogP contribution in [0, 0.1) is 5.82 Å². The standard InChI is InChI=1S/C26H17ClFN3O3S/c27-25-29-15-20(28)23(30-25)34-21-11-10-17-8-4-5-9-18(17)19(21)14-22-24(32)31(26(33)35-22)13-12-16-6-2-1-3-7-16/h1-11,14-15H,12-13H2/b22-14+. The first kappa shape index (κ1) is 23.0. The van der Waals surface area contributed by atoms with Crippen LogP contribution in [0.5, 0.6) is 11.6 Å². The summed E-state index contributed by atoms with van der Waals surface area (Å²) < 4.78 is 20.0. The molecule has 1 aliphatic heterocycles. The third-order valence-corrected chi connectivity index (χ3v) is 6.53. The molecular weight excluding hydrogens is 489 g/mol. The molecule has 9 heteroatoms. The Morgan fingerprint density at radius 3 is 2.63 bits per heavy atom. The van der Waals surface area contributed by atoms with Crippen molar-refractivity contribution in [3.8, 4) is 11.6 Å². The highest BCUT2D eigenvalue weighted by molar-refractivity contribution is 8.18. The van der Waals surface area contributed by atoms with Crippen molar-refractivity contribution in [3.05, 3.63) is 100 Å². The van der Waals surface area contributed by atoms with Crippen LogP contribution in [-0.2, 0) is 11.2 Å². The van der Waals surface area contributed by atoms with Gasteiger partial charge in [0.2, 0.25) is 11.1 Å². The third-order valence-electron chi connectivity index (χ3n) is 5.44. The van der Waals surface area contributed by atoms with Gasteiger partial charge in [0.05, 0.1) is 11.1 Å². The molecule has 0 bridgehead atoms.